The van der Waals surface area contributed by atoms with Crippen molar-refractivity contribution in [2.45, 2.75) is 26.9 Å². The Labute approximate surface area is 155 Å². The Morgan fingerprint density at radius 2 is 1.88 bits per heavy atom. The average Bonchev–Trinajstić information content (AvgIpc) is 2.86. The minimum Gasteiger partial charge on any atom is -0.490 e. The van der Waals surface area contributed by atoms with Gasteiger partial charge in [0, 0.05) is 10.0 Å². The summed E-state index contributed by atoms with van der Waals surface area (Å²) in [5, 5.41) is 5.84. The van der Waals surface area contributed by atoms with Crippen LogP contribution in [-0.4, -0.2) is 17.7 Å². The van der Waals surface area contributed by atoms with E-state index in [0.717, 1.165) is 21.5 Å². The summed E-state index contributed by atoms with van der Waals surface area (Å²) >= 11 is 3.48. The normalized spacial score (nSPS) is 15.9. The van der Waals surface area contributed by atoms with Gasteiger partial charge in [-0.05, 0) is 57.2 Å². The number of benzene rings is 2. The maximum absolute atomic E-state index is 12.8. The Morgan fingerprint density at radius 1 is 1.16 bits per heavy atom. The summed E-state index contributed by atoms with van der Waals surface area (Å²) in [7, 11) is 0. The van der Waals surface area contributed by atoms with E-state index in [1.54, 1.807) is 0 Å². The number of carbonyl (C=O) groups is 1. The summed E-state index contributed by atoms with van der Waals surface area (Å²) in [5.74, 6) is 0.601. The molecule has 4 nitrogen and oxygen atoms in total. The van der Waals surface area contributed by atoms with Gasteiger partial charge in [-0.3, -0.25) is 4.79 Å². The van der Waals surface area contributed by atoms with Gasteiger partial charge < -0.3 is 4.74 Å². The predicted molar refractivity (Wildman–Crippen MR) is 105 cm³/mol. The van der Waals surface area contributed by atoms with Gasteiger partial charge in [0.15, 0.2) is 0 Å². The maximum Gasteiger partial charge on any atom is 0.280 e. The number of halogens is 1. The molecule has 25 heavy (non-hydrogen) atoms. The summed E-state index contributed by atoms with van der Waals surface area (Å²) in [6, 6.07) is 15.2. The van der Waals surface area contributed by atoms with E-state index in [4.69, 9.17) is 4.74 Å². The molecular formula is C20H19BrN2O2. The first-order valence-corrected chi connectivity index (χ1v) is 8.88. The van der Waals surface area contributed by atoms with E-state index >= 15 is 0 Å². The van der Waals surface area contributed by atoms with E-state index in [1.165, 1.54) is 5.01 Å². The lowest BCUT2D eigenvalue weighted by Crippen LogP contribution is -2.21. The van der Waals surface area contributed by atoms with Crippen molar-refractivity contribution in [1.29, 1.82) is 0 Å². The third-order valence-electron chi connectivity index (χ3n) is 3.70. The van der Waals surface area contributed by atoms with Crippen LogP contribution in [0.3, 0.4) is 0 Å². The third kappa shape index (κ3) is 3.82. The molecule has 0 radical (unpaired) electrons. The van der Waals surface area contributed by atoms with E-state index in [1.807, 2.05) is 75.4 Å². The molecule has 2 aromatic carbocycles. The van der Waals surface area contributed by atoms with Crippen LogP contribution in [-0.2, 0) is 4.79 Å². The van der Waals surface area contributed by atoms with Crippen LogP contribution < -0.4 is 9.75 Å². The second-order valence-electron chi connectivity index (χ2n) is 6.04. The van der Waals surface area contributed by atoms with Crippen molar-refractivity contribution in [2.24, 2.45) is 5.10 Å². The van der Waals surface area contributed by atoms with Crippen LogP contribution in [0.2, 0.25) is 0 Å². The fourth-order valence-electron chi connectivity index (χ4n) is 2.58. The summed E-state index contributed by atoms with van der Waals surface area (Å²) in [6.07, 6.45) is 1.89. The van der Waals surface area contributed by atoms with Crippen molar-refractivity contribution in [3.63, 3.8) is 0 Å². The molecule has 5 heteroatoms. The lowest BCUT2D eigenvalue weighted by atomic mass is 10.1. The van der Waals surface area contributed by atoms with Crippen molar-refractivity contribution < 1.29 is 9.53 Å². The fourth-order valence-corrected chi connectivity index (χ4v) is 2.96. The van der Waals surface area contributed by atoms with Crippen LogP contribution in [0.15, 0.2) is 63.7 Å². The van der Waals surface area contributed by atoms with Crippen LogP contribution >= 0.6 is 15.9 Å². The first-order chi connectivity index (χ1) is 12.0. The molecule has 0 N–H and O–H groups in total. The van der Waals surface area contributed by atoms with Crippen molar-refractivity contribution in [2.75, 3.05) is 5.01 Å². The second kappa shape index (κ2) is 7.23. The molecule has 0 spiro atoms. The summed E-state index contributed by atoms with van der Waals surface area (Å²) < 4.78 is 6.79. The second-order valence-corrected chi connectivity index (χ2v) is 6.96. The van der Waals surface area contributed by atoms with Crippen molar-refractivity contribution in [1.82, 2.24) is 0 Å². The summed E-state index contributed by atoms with van der Waals surface area (Å²) in [6.45, 7) is 5.79. The number of para-hydroxylation sites is 1. The summed E-state index contributed by atoms with van der Waals surface area (Å²) in [4.78, 5) is 12.8. The Morgan fingerprint density at radius 3 is 2.56 bits per heavy atom. The number of ether oxygens (including phenoxy) is 1. The molecule has 3 rings (SSSR count). The molecule has 1 amide bonds. The number of hydrogen-bond acceptors (Lipinski definition) is 3. The lowest BCUT2D eigenvalue weighted by Gasteiger charge is -2.14. The number of hydrazone groups is 1. The first kappa shape index (κ1) is 17.4. The zero-order valence-corrected chi connectivity index (χ0v) is 15.9. The summed E-state index contributed by atoms with van der Waals surface area (Å²) in [5.41, 5.74) is 2.85. The zero-order valence-electron chi connectivity index (χ0n) is 14.4. The van der Waals surface area contributed by atoms with Gasteiger partial charge in [0.2, 0.25) is 0 Å². The Hall–Kier alpha value is -2.40. The molecule has 0 saturated carbocycles. The quantitative estimate of drug-likeness (QED) is 0.676. The van der Waals surface area contributed by atoms with E-state index in [0.29, 0.717) is 11.3 Å². The molecule has 128 valence electrons. The molecule has 0 aromatic heterocycles. The number of anilines is 1. The number of carbonyl (C=O) groups excluding carboxylic acids is 1. The highest BCUT2D eigenvalue weighted by Crippen LogP contribution is 2.30. The monoisotopic (exact) mass is 398 g/mol. The maximum atomic E-state index is 12.8. The molecule has 0 bridgehead atoms. The van der Waals surface area contributed by atoms with Crippen LogP contribution in [0.25, 0.3) is 6.08 Å². The van der Waals surface area contributed by atoms with E-state index in [2.05, 4.69) is 21.0 Å². The van der Waals surface area contributed by atoms with Crippen molar-refractivity contribution in [3.05, 3.63) is 64.1 Å². The first-order valence-electron chi connectivity index (χ1n) is 8.08. The van der Waals surface area contributed by atoms with Crippen molar-refractivity contribution >= 4 is 39.3 Å². The molecule has 1 aliphatic heterocycles. The zero-order chi connectivity index (χ0) is 18.0. The number of nitrogens with zero attached hydrogens (tertiary/aromatic N) is 2. The highest BCUT2D eigenvalue weighted by molar-refractivity contribution is 9.10. The van der Waals surface area contributed by atoms with Crippen LogP contribution in [0.5, 0.6) is 5.75 Å². The highest BCUT2D eigenvalue weighted by Gasteiger charge is 2.28. The number of amides is 1. The van der Waals surface area contributed by atoms with Gasteiger partial charge in [-0.2, -0.15) is 10.1 Å². The smallest absolute Gasteiger partial charge is 0.280 e. The molecule has 0 aliphatic carbocycles. The Kier molecular flexibility index (Phi) is 5.04. The highest BCUT2D eigenvalue weighted by atomic mass is 79.9. The van der Waals surface area contributed by atoms with E-state index in [9.17, 15) is 4.79 Å². The molecule has 0 unspecified atom stereocenters. The molecule has 0 fully saturated rings. The van der Waals surface area contributed by atoms with Crippen LogP contribution in [0.4, 0.5) is 5.69 Å². The van der Waals surface area contributed by atoms with Gasteiger partial charge in [-0.25, -0.2) is 0 Å². The molecule has 1 heterocycles. The largest absolute Gasteiger partial charge is 0.490 e. The fraction of sp³-hybridized carbons (Fsp3) is 0.200. The van der Waals surface area contributed by atoms with E-state index in [-0.39, 0.29) is 12.0 Å². The predicted octanol–water partition coefficient (Wildman–Crippen LogP) is 5.04. The van der Waals surface area contributed by atoms with Gasteiger partial charge in [0.25, 0.3) is 5.91 Å². The topological polar surface area (TPSA) is 41.9 Å². The standard InChI is InChI=1S/C20H19BrN2O2/c1-13(2)25-19-10-9-16(21)11-15(19)12-18-14(3)22-23(20(18)24)17-7-5-4-6-8-17/h4-13H,1-3H3/b18-12-. The van der Waals surface area contributed by atoms with Gasteiger partial charge in [-0.1, -0.05) is 34.1 Å². The SMILES string of the molecule is CC1=NN(c2ccccc2)C(=O)/C1=C\c1cc(Br)ccc1OC(C)C. The Bertz CT molecular complexity index is 857. The van der Waals surface area contributed by atoms with Crippen LogP contribution in [0.1, 0.15) is 26.3 Å². The van der Waals surface area contributed by atoms with Gasteiger partial charge >= 0.3 is 0 Å². The van der Waals surface area contributed by atoms with Crippen molar-refractivity contribution in [3.8, 4) is 5.75 Å². The van der Waals surface area contributed by atoms with Gasteiger partial charge in [0.1, 0.15) is 5.75 Å². The molecule has 1 aliphatic rings. The number of hydrogen-bond donors (Lipinski definition) is 0. The van der Waals surface area contributed by atoms with Gasteiger partial charge in [0.05, 0.1) is 23.1 Å². The lowest BCUT2D eigenvalue weighted by molar-refractivity contribution is -0.114. The molecule has 2 aromatic rings. The minimum absolute atomic E-state index is 0.0492. The van der Waals surface area contributed by atoms with Gasteiger partial charge in [-0.15, -0.1) is 0 Å². The van der Waals surface area contributed by atoms with E-state index < -0.39 is 0 Å². The third-order valence-corrected chi connectivity index (χ3v) is 4.19. The molecule has 0 atom stereocenters. The molecule has 0 saturated heterocycles. The number of rotatable bonds is 4. The minimum atomic E-state index is -0.140. The van der Waals surface area contributed by atoms with Crippen LogP contribution in [0, 0.1) is 0 Å². The average molecular weight is 399 g/mol. The molecular weight excluding hydrogens is 380 g/mol. The Balaban J connectivity index is 1.99.